The van der Waals surface area contributed by atoms with Gasteiger partial charge in [-0.05, 0) is 78.4 Å². The van der Waals surface area contributed by atoms with Crippen LogP contribution in [-0.4, -0.2) is 74.2 Å². The van der Waals surface area contributed by atoms with Crippen LogP contribution in [0.5, 0.6) is 0 Å². The Morgan fingerprint density at radius 2 is 1.15 bits per heavy atom. The first-order valence-corrected chi connectivity index (χ1v) is 22.9. The van der Waals surface area contributed by atoms with E-state index in [0.717, 1.165) is 12.8 Å². The lowest BCUT2D eigenvalue weighted by molar-refractivity contribution is -0.148. The third-order valence-electron chi connectivity index (χ3n) is 12.4. The van der Waals surface area contributed by atoms with E-state index in [1.165, 1.54) is 14.2 Å². The summed E-state index contributed by atoms with van der Waals surface area (Å²) >= 11 is 0. The Balaban J connectivity index is 3.11. The number of nitrogens with zero attached hydrogens (tertiary/aromatic N) is 1. The zero-order valence-electron chi connectivity index (χ0n) is 41.1. The Morgan fingerprint density at radius 3 is 1.56 bits per heavy atom. The maximum absolute atomic E-state index is 14.6. The minimum Gasteiger partial charge on any atom is -0.458 e. The SMILES string of the molecule is CCCCC(CC)(CC)C(=O)Nc1[nH]c(C=C2N=C(NC(=O)C(CC)(COC)COC)C(C(=O)OC(C(C)C)C(C)C)=C2C(C)C)c(C(C)C)c1C(=O)OC(C(C)C)C(C)C. The van der Waals surface area contributed by atoms with Gasteiger partial charge in [-0.25, -0.2) is 14.6 Å². The Hall–Kier alpha value is -3.77. The number of rotatable bonds is 24. The zero-order valence-corrected chi connectivity index (χ0v) is 41.1. The average Bonchev–Trinajstić information content (AvgIpc) is 3.73. The summed E-state index contributed by atoms with van der Waals surface area (Å²) in [5, 5.41) is 6.17. The van der Waals surface area contributed by atoms with Gasteiger partial charge in [0.1, 0.15) is 35.0 Å². The van der Waals surface area contributed by atoms with Gasteiger partial charge in [-0.15, -0.1) is 0 Å². The van der Waals surface area contributed by atoms with E-state index in [9.17, 15) is 19.2 Å². The fraction of sp³-hybridized carbons (Fsp3) is 0.735. The maximum Gasteiger partial charge on any atom is 0.342 e. The van der Waals surface area contributed by atoms with E-state index in [0.29, 0.717) is 48.2 Å². The summed E-state index contributed by atoms with van der Waals surface area (Å²) in [5.74, 6) is -1.69. The van der Waals surface area contributed by atoms with Crippen molar-refractivity contribution in [2.45, 2.75) is 167 Å². The van der Waals surface area contributed by atoms with E-state index >= 15 is 0 Å². The molecule has 61 heavy (non-hydrogen) atoms. The molecule has 1 aliphatic heterocycles. The first-order chi connectivity index (χ1) is 28.6. The van der Waals surface area contributed by atoms with E-state index < -0.39 is 34.8 Å². The van der Waals surface area contributed by atoms with Crippen LogP contribution in [0.15, 0.2) is 21.8 Å². The van der Waals surface area contributed by atoms with Gasteiger partial charge in [-0.3, -0.25) is 9.59 Å². The summed E-state index contributed by atoms with van der Waals surface area (Å²) in [6.45, 7) is 32.3. The maximum atomic E-state index is 14.6. The normalized spacial score (nSPS) is 14.6. The van der Waals surface area contributed by atoms with Gasteiger partial charge in [0, 0.05) is 25.3 Å². The monoisotopic (exact) mass is 855 g/mol. The topological polar surface area (TPSA) is 157 Å². The van der Waals surface area contributed by atoms with Gasteiger partial charge >= 0.3 is 11.9 Å². The van der Waals surface area contributed by atoms with E-state index in [4.69, 9.17) is 23.9 Å². The predicted molar refractivity (Wildman–Crippen MR) is 246 cm³/mol. The highest BCUT2D eigenvalue weighted by Gasteiger charge is 2.42. The molecule has 0 aliphatic carbocycles. The van der Waals surface area contributed by atoms with Gasteiger partial charge in [0.25, 0.3) is 0 Å². The van der Waals surface area contributed by atoms with Crippen molar-refractivity contribution in [1.29, 1.82) is 0 Å². The molecule has 12 nitrogen and oxygen atoms in total. The van der Waals surface area contributed by atoms with Crippen molar-refractivity contribution in [3.8, 4) is 0 Å². The number of nitrogens with one attached hydrogen (secondary N) is 3. The number of methoxy groups -OCH3 is 2. The van der Waals surface area contributed by atoms with Crippen molar-refractivity contribution in [3.63, 3.8) is 0 Å². The molecule has 0 saturated heterocycles. The van der Waals surface area contributed by atoms with Gasteiger partial charge in [0.05, 0.1) is 24.3 Å². The molecule has 1 aromatic rings. The van der Waals surface area contributed by atoms with Crippen LogP contribution in [-0.2, 0) is 33.3 Å². The summed E-state index contributed by atoms with van der Waals surface area (Å²) < 4.78 is 23.6. The van der Waals surface area contributed by atoms with E-state index in [2.05, 4.69) is 22.5 Å². The highest BCUT2D eigenvalue weighted by atomic mass is 16.5. The molecule has 3 N–H and O–H groups in total. The number of hydrogen-bond donors (Lipinski definition) is 3. The molecule has 0 atom stereocenters. The predicted octanol–water partition coefficient (Wildman–Crippen LogP) is 10.6. The number of H-pyrrole nitrogens is 1. The van der Waals surface area contributed by atoms with Crippen molar-refractivity contribution < 1.29 is 38.1 Å². The van der Waals surface area contributed by atoms with Crippen molar-refractivity contribution in [2.24, 2.45) is 45.4 Å². The molecule has 2 amide bonds. The molecule has 0 aromatic carbocycles. The highest BCUT2D eigenvalue weighted by molar-refractivity contribution is 6.26. The molecule has 346 valence electrons. The number of unbranched alkanes of at least 4 members (excludes halogenated alkanes) is 1. The molecule has 2 heterocycles. The number of carbonyl (C=O) groups is 4. The van der Waals surface area contributed by atoms with Gasteiger partial charge in [-0.2, -0.15) is 0 Å². The molecule has 12 heteroatoms. The molecular formula is C49H82N4O8. The number of anilines is 1. The number of amides is 2. The van der Waals surface area contributed by atoms with Crippen LogP contribution in [0.2, 0.25) is 0 Å². The zero-order chi connectivity index (χ0) is 46.6. The second-order valence-electron chi connectivity index (χ2n) is 19.0. The Bertz CT molecular complexity index is 1720. The number of allylic oxidation sites excluding steroid dienone is 1. The number of ether oxygens (including phenoxy) is 4. The summed E-state index contributed by atoms with van der Waals surface area (Å²) in [4.78, 5) is 66.2. The van der Waals surface area contributed by atoms with Gasteiger partial charge in [-0.1, -0.05) is 124 Å². The molecule has 0 radical (unpaired) electrons. The second-order valence-corrected chi connectivity index (χ2v) is 19.0. The van der Waals surface area contributed by atoms with Crippen molar-refractivity contribution >= 4 is 41.5 Å². The molecule has 0 saturated carbocycles. The minimum absolute atomic E-state index is 0.0287. The van der Waals surface area contributed by atoms with E-state index in [-0.39, 0.29) is 83.5 Å². The molecule has 0 unspecified atom stereocenters. The molecule has 1 aliphatic rings. The number of aromatic nitrogens is 1. The lowest BCUT2D eigenvalue weighted by Crippen LogP contribution is -2.49. The number of carbonyl (C=O) groups excluding carboxylic acids is 4. The molecule has 0 spiro atoms. The minimum atomic E-state index is -1.07. The number of hydrogen-bond acceptors (Lipinski definition) is 9. The largest absolute Gasteiger partial charge is 0.458 e. The Labute approximate surface area is 368 Å². The van der Waals surface area contributed by atoms with Crippen molar-refractivity contribution in [1.82, 2.24) is 10.3 Å². The summed E-state index contributed by atoms with van der Waals surface area (Å²) in [7, 11) is 3.06. The number of amidine groups is 1. The Kier molecular flexibility index (Phi) is 20.7. The average molecular weight is 855 g/mol. The standard InChI is InChI=1S/C49H82N4O8/c1-19-23-24-48(20-2,21-3)46(56)52-42-38(44(54)60-40(30(9)10)31(11)12)36(28(5)6)34(50-42)25-35-37(29(7)8)39(45(55)61-41(32(13)14)33(15)16)43(51-35)53-47(57)49(22-4,26-58-17)27-59-18/h25,28-33,40-41,50H,19-24,26-27H2,1-18H3,(H,52,56)(H,51,53,57). The number of esters is 2. The fourth-order valence-electron chi connectivity index (χ4n) is 8.75. The quantitative estimate of drug-likeness (QED) is 0.0867. The lowest BCUT2D eigenvalue weighted by Gasteiger charge is -2.30. The fourth-order valence-corrected chi connectivity index (χ4v) is 8.75. The summed E-state index contributed by atoms with van der Waals surface area (Å²) in [5.41, 5.74) is 0.858. The highest BCUT2D eigenvalue weighted by Crippen LogP contribution is 2.40. The van der Waals surface area contributed by atoms with Crippen LogP contribution in [0.1, 0.15) is 177 Å². The molecule has 0 fully saturated rings. The lowest BCUT2D eigenvalue weighted by atomic mass is 9.77. The van der Waals surface area contributed by atoms with E-state index in [1.807, 2.05) is 104 Å². The molecule has 0 bridgehead atoms. The molecule has 2 rings (SSSR count). The van der Waals surface area contributed by atoms with Gasteiger partial charge < -0.3 is 34.6 Å². The number of aliphatic imine (C=N–C) groups is 1. The smallest absolute Gasteiger partial charge is 0.342 e. The van der Waals surface area contributed by atoms with Crippen molar-refractivity contribution in [2.75, 3.05) is 32.8 Å². The van der Waals surface area contributed by atoms with Crippen LogP contribution in [0.4, 0.5) is 5.82 Å². The number of aromatic amines is 1. The summed E-state index contributed by atoms with van der Waals surface area (Å²) in [6.07, 6.45) is 5.27. The van der Waals surface area contributed by atoms with Crippen LogP contribution in [0.3, 0.4) is 0 Å². The van der Waals surface area contributed by atoms with Crippen LogP contribution < -0.4 is 10.6 Å². The first kappa shape index (κ1) is 53.4. The molecule has 1 aromatic heterocycles. The Morgan fingerprint density at radius 1 is 0.672 bits per heavy atom. The third-order valence-corrected chi connectivity index (χ3v) is 12.4. The third kappa shape index (κ3) is 12.7. The van der Waals surface area contributed by atoms with Crippen LogP contribution in [0, 0.1) is 40.4 Å². The van der Waals surface area contributed by atoms with Crippen LogP contribution in [0.25, 0.3) is 6.08 Å². The van der Waals surface area contributed by atoms with Crippen LogP contribution >= 0.6 is 0 Å². The van der Waals surface area contributed by atoms with E-state index in [1.54, 1.807) is 6.08 Å². The van der Waals surface area contributed by atoms with Crippen molar-refractivity contribution in [3.05, 3.63) is 33.7 Å². The first-order valence-electron chi connectivity index (χ1n) is 22.9. The molecular weight excluding hydrogens is 773 g/mol. The second kappa shape index (κ2) is 23.6. The summed E-state index contributed by atoms with van der Waals surface area (Å²) in [6, 6.07) is 0. The van der Waals surface area contributed by atoms with Gasteiger partial charge in [0.2, 0.25) is 11.8 Å². The van der Waals surface area contributed by atoms with Gasteiger partial charge in [0.15, 0.2) is 0 Å².